The number of amides is 1. The van der Waals surface area contributed by atoms with Crippen LogP contribution < -0.4 is 0 Å². The number of halogens is 1. The molecule has 0 saturated carbocycles. The molecule has 5 nitrogen and oxygen atoms in total. The van der Waals surface area contributed by atoms with Crippen LogP contribution in [0.5, 0.6) is 0 Å². The van der Waals surface area contributed by atoms with E-state index in [-0.39, 0.29) is 41.2 Å². The van der Waals surface area contributed by atoms with Gasteiger partial charge in [0.05, 0.1) is 17.5 Å². The largest absolute Gasteiger partial charge is 0.336 e. The van der Waals surface area contributed by atoms with Gasteiger partial charge in [-0.1, -0.05) is 26.0 Å². The Labute approximate surface area is 148 Å². The van der Waals surface area contributed by atoms with Crippen LogP contribution in [0.25, 0.3) is 0 Å². The van der Waals surface area contributed by atoms with Gasteiger partial charge in [0.1, 0.15) is 5.82 Å². The van der Waals surface area contributed by atoms with Gasteiger partial charge in [-0.25, -0.2) is 12.8 Å². The van der Waals surface area contributed by atoms with Crippen molar-refractivity contribution < 1.29 is 17.6 Å². The lowest BCUT2D eigenvalue weighted by atomic mass is 10.0. The summed E-state index contributed by atoms with van der Waals surface area (Å²) in [5.74, 6) is -0.244. The van der Waals surface area contributed by atoms with Gasteiger partial charge in [-0.3, -0.25) is 9.69 Å². The lowest BCUT2D eigenvalue weighted by Crippen LogP contribution is -2.60. The van der Waals surface area contributed by atoms with E-state index in [9.17, 15) is 17.6 Å². The number of nitrogens with zero attached hydrogens (tertiary/aromatic N) is 2. The van der Waals surface area contributed by atoms with Gasteiger partial charge in [0.2, 0.25) is 5.91 Å². The van der Waals surface area contributed by atoms with Crippen molar-refractivity contribution in [2.45, 2.75) is 39.4 Å². The number of piperazine rings is 1. The number of benzene rings is 1. The lowest BCUT2D eigenvalue weighted by Gasteiger charge is -2.44. The van der Waals surface area contributed by atoms with Crippen molar-refractivity contribution >= 4 is 15.7 Å². The Morgan fingerprint density at radius 2 is 1.92 bits per heavy atom. The highest BCUT2D eigenvalue weighted by Gasteiger charge is 2.48. The third kappa shape index (κ3) is 3.72. The second-order valence-corrected chi connectivity index (χ2v) is 9.61. The maximum absolute atomic E-state index is 13.5. The van der Waals surface area contributed by atoms with Crippen LogP contribution in [0.1, 0.15) is 25.0 Å². The maximum Gasteiger partial charge on any atom is 0.225 e. The van der Waals surface area contributed by atoms with Crippen LogP contribution in [0.4, 0.5) is 4.39 Å². The molecule has 2 saturated heterocycles. The summed E-state index contributed by atoms with van der Waals surface area (Å²) in [4.78, 5) is 16.4. The maximum atomic E-state index is 13.5. The molecule has 7 heteroatoms. The Morgan fingerprint density at radius 3 is 2.56 bits per heavy atom. The van der Waals surface area contributed by atoms with Gasteiger partial charge >= 0.3 is 0 Å². The van der Waals surface area contributed by atoms with Crippen molar-refractivity contribution in [2.24, 2.45) is 5.92 Å². The number of hydrogen-bond acceptors (Lipinski definition) is 4. The van der Waals surface area contributed by atoms with Gasteiger partial charge in [0.25, 0.3) is 0 Å². The van der Waals surface area contributed by atoms with Crippen molar-refractivity contribution in [2.75, 3.05) is 24.6 Å². The van der Waals surface area contributed by atoms with Gasteiger partial charge < -0.3 is 4.90 Å². The van der Waals surface area contributed by atoms with E-state index < -0.39 is 9.84 Å². The fourth-order valence-corrected chi connectivity index (χ4v) is 5.88. The number of hydrogen-bond donors (Lipinski definition) is 0. The number of rotatable bonds is 3. The molecule has 0 spiro atoms. The first-order valence-electron chi connectivity index (χ1n) is 8.68. The Bertz CT molecular complexity index is 779. The van der Waals surface area contributed by atoms with Gasteiger partial charge in [0.15, 0.2) is 9.84 Å². The summed E-state index contributed by atoms with van der Waals surface area (Å²) in [5, 5.41) is 0. The summed E-state index contributed by atoms with van der Waals surface area (Å²) < 4.78 is 37.9. The molecule has 2 aliphatic rings. The lowest BCUT2D eigenvalue weighted by molar-refractivity contribution is -0.140. The van der Waals surface area contributed by atoms with Crippen LogP contribution in [0.15, 0.2) is 18.2 Å². The van der Waals surface area contributed by atoms with Gasteiger partial charge in [-0.05, 0) is 24.1 Å². The third-order valence-electron chi connectivity index (χ3n) is 5.18. The number of carbonyl (C=O) groups excluding carboxylic acids is 1. The molecule has 3 rings (SSSR count). The monoisotopic (exact) mass is 368 g/mol. The van der Waals surface area contributed by atoms with Crippen molar-refractivity contribution in [3.05, 3.63) is 35.1 Å². The van der Waals surface area contributed by atoms with Gasteiger partial charge in [-0.2, -0.15) is 0 Å². The van der Waals surface area contributed by atoms with Crippen LogP contribution in [0, 0.1) is 18.7 Å². The molecule has 0 unspecified atom stereocenters. The van der Waals surface area contributed by atoms with E-state index in [4.69, 9.17) is 0 Å². The molecule has 1 aromatic rings. The molecule has 2 atom stereocenters. The highest BCUT2D eigenvalue weighted by molar-refractivity contribution is 7.91. The first-order chi connectivity index (χ1) is 11.7. The summed E-state index contributed by atoms with van der Waals surface area (Å²) >= 11 is 0. The van der Waals surface area contributed by atoms with Crippen LogP contribution in [0.3, 0.4) is 0 Å². The van der Waals surface area contributed by atoms with Gasteiger partial charge in [0, 0.05) is 31.6 Å². The van der Waals surface area contributed by atoms with E-state index in [0.717, 1.165) is 5.56 Å². The van der Waals surface area contributed by atoms with Crippen molar-refractivity contribution in [3.8, 4) is 0 Å². The Morgan fingerprint density at radius 1 is 1.24 bits per heavy atom. The molecule has 25 heavy (non-hydrogen) atoms. The summed E-state index contributed by atoms with van der Waals surface area (Å²) in [7, 11) is -3.16. The molecule has 2 heterocycles. The second-order valence-electron chi connectivity index (χ2n) is 7.45. The van der Waals surface area contributed by atoms with Gasteiger partial charge in [-0.15, -0.1) is 0 Å². The second kappa shape index (κ2) is 6.68. The number of sulfone groups is 1. The van der Waals surface area contributed by atoms with E-state index in [1.165, 1.54) is 6.07 Å². The van der Waals surface area contributed by atoms with Crippen molar-refractivity contribution in [1.82, 2.24) is 9.80 Å². The minimum Gasteiger partial charge on any atom is -0.336 e. The molecule has 1 amide bonds. The normalized spacial score (nSPS) is 26.0. The zero-order valence-corrected chi connectivity index (χ0v) is 15.7. The van der Waals surface area contributed by atoms with E-state index in [0.29, 0.717) is 25.2 Å². The average Bonchev–Trinajstić information content (AvgIpc) is 2.86. The summed E-state index contributed by atoms with van der Waals surface area (Å²) in [5.41, 5.74) is 1.55. The topological polar surface area (TPSA) is 57.7 Å². The number of fused-ring (bicyclic) bond motifs is 1. The summed E-state index contributed by atoms with van der Waals surface area (Å²) in [6, 6.07) is 4.53. The Balaban J connectivity index is 1.83. The molecular formula is C18H25FN2O3S. The highest BCUT2D eigenvalue weighted by atomic mass is 32.2. The van der Waals surface area contributed by atoms with E-state index >= 15 is 0 Å². The van der Waals surface area contributed by atoms with Crippen LogP contribution in [-0.4, -0.2) is 60.8 Å². The standard InChI is InChI=1S/C18H25FN2O3S/c1-12(2)18(22)21-7-6-20(16-10-25(23,24)11-17(16)21)9-14-4-5-15(19)13(3)8-14/h4-5,8,12,16-17H,6-7,9-11H2,1-3H3/t16-,17+/m0/s1. The molecule has 2 fully saturated rings. The van der Waals surface area contributed by atoms with Crippen molar-refractivity contribution in [3.63, 3.8) is 0 Å². The quantitative estimate of drug-likeness (QED) is 0.813. The average molecular weight is 368 g/mol. The molecular weight excluding hydrogens is 343 g/mol. The number of aryl methyl sites for hydroxylation is 1. The third-order valence-corrected chi connectivity index (χ3v) is 6.87. The fraction of sp³-hybridized carbons (Fsp3) is 0.611. The summed E-state index contributed by atoms with van der Waals surface area (Å²) in [6.07, 6.45) is 0. The molecule has 0 bridgehead atoms. The SMILES string of the molecule is Cc1cc(CN2CCN(C(=O)C(C)C)[C@@H]3CS(=O)(=O)C[C@@H]32)ccc1F. The molecule has 0 aromatic heterocycles. The minimum absolute atomic E-state index is 0.0179. The van der Waals surface area contributed by atoms with Crippen LogP contribution in [0.2, 0.25) is 0 Å². The molecule has 1 aromatic carbocycles. The zero-order chi connectivity index (χ0) is 18.4. The van der Waals surface area contributed by atoms with Crippen LogP contribution >= 0.6 is 0 Å². The molecule has 138 valence electrons. The Hall–Kier alpha value is -1.47. The smallest absolute Gasteiger partial charge is 0.225 e. The summed E-state index contributed by atoms with van der Waals surface area (Å²) in [6.45, 7) is 7.14. The first kappa shape index (κ1) is 18.3. The zero-order valence-electron chi connectivity index (χ0n) is 14.9. The highest BCUT2D eigenvalue weighted by Crippen LogP contribution is 2.29. The van der Waals surface area contributed by atoms with E-state index in [1.54, 1.807) is 24.0 Å². The fourth-order valence-electron chi connectivity index (χ4n) is 3.87. The minimum atomic E-state index is -3.16. The van der Waals surface area contributed by atoms with Crippen molar-refractivity contribution in [1.29, 1.82) is 0 Å². The molecule has 0 radical (unpaired) electrons. The molecule has 0 aliphatic carbocycles. The first-order valence-corrected chi connectivity index (χ1v) is 10.5. The Kier molecular flexibility index (Phi) is 4.90. The van der Waals surface area contributed by atoms with E-state index in [1.807, 2.05) is 13.8 Å². The predicted molar refractivity (Wildman–Crippen MR) is 94.3 cm³/mol. The predicted octanol–water partition coefficient (Wildman–Crippen LogP) is 1.60. The molecule has 2 aliphatic heterocycles. The van der Waals surface area contributed by atoms with E-state index in [2.05, 4.69) is 4.90 Å². The number of carbonyl (C=O) groups is 1. The molecule has 0 N–H and O–H groups in total. The van der Waals surface area contributed by atoms with Crippen LogP contribution in [-0.2, 0) is 21.2 Å².